The molecule has 0 saturated heterocycles. The Morgan fingerprint density at radius 1 is 1.26 bits per heavy atom. The molecule has 0 bridgehead atoms. The lowest BCUT2D eigenvalue weighted by molar-refractivity contribution is 0.261. The number of benzene rings is 1. The summed E-state index contributed by atoms with van der Waals surface area (Å²) < 4.78 is 5.75. The molecule has 0 unspecified atom stereocenters. The molecule has 1 aromatic carbocycles. The molecule has 1 rings (SSSR count). The maximum atomic E-state index is 5.75. The summed E-state index contributed by atoms with van der Waals surface area (Å²) in [6.07, 6.45) is 4.83. The van der Waals surface area contributed by atoms with E-state index in [2.05, 4.69) is 44.6 Å². The summed E-state index contributed by atoms with van der Waals surface area (Å²) in [5.74, 6) is 0.941. The summed E-state index contributed by atoms with van der Waals surface area (Å²) in [7, 11) is 4.10. The van der Waals surface area contributed by atoms with Gasteiger partial charge in [-0.3, -0.25) is 0 Å². The molecule has 0 fully saturated rings. The zero-order valence-corrected chi connectivity index (χ0v) is 12.6. The highest BCUT2D eigenvalue weighted by atomic mass is 16.5. The number of allylic oxidation sites excluding steroid dienone is 1. The largest absolute Gasteiger partial charge is 0.492 e. The smallest absolute Gasteiger partial charge is 0.119 e. The molecule has 106 valence electrons. The minimum Gasteiger partial charge on any atom is -0.492 e. The molecule has 2 nitrogen and oxygen atoms in total. The summed E-state index contributed by atoms with van der Waals surface area (Å²) in [5.41, 5.74) is 2.42. The van der Waals surface area contributed by atoms with Crippen molar-refractivity contribution in [1.29, 1.82) is 0 Å². The van der Waals surface area contributed by atoms with Crippen LogP contribution < -0.4 is 4.74 Å². The van der Waals surface area contributed by atoms with Crippen LogP contribution in [0.15, 0.2) is 30.8 Å². The second-order valence-electron chi connectivity index (χ2n) is 5.24. The van der Waals surface area contributed by atoms with E-state index in [0.717, 1.165) is 25.3 Å². The molecule has 0 amide bonds. The lowest BCUT2D eigenvalue weighted by Crippen LogP contribution is -2.19. The molecule has 0 saturated carbocycles. The Kier molecular flexibility index (Phi) is 7.27. The first-order valence-corrected chi connectivity index (χ1v) is 7.19. The molecule has 0 N–H and O–H groups in total. The predicted molar refractivity (Wildman–Crippen MR) is 83.7 cm³/mol. The summed E-state index contributed by atoms with van der Waals surface area (Å²) in [6, 6.07) is 8.28. The Hall–Kier alpha value is -1.28. The molecule has 0 aliphatic heterocycles. The van der Waals surface area contributed by atoms with E-state index in [9.17, 15) is 0 Å². The molecule has 0 atom stereocenters. The highest BCUT2D eigenvalue weighted by Crippen LogP contribution is 2.23. The van der Waals surface area contributed by atoms with E-state index in [0.29, 0.717) is 0 Å². The predicted octanol–water partition coefficient (Wildman–Crippen LogP) is 4.22. The van der Waals surface area contributed by atoms with Crippen molar-refractivity contribution in [2.75, 3.05) is 27.2 Å². The van der Waals surface area contributed by atoms with E-state index in [-0.39, 0.29) is 0 Å². The average Bonchev–Trinajstić information content (AvgIpc) is 2.39. The highest BCUT2D eigenvalue weighted by molar-refractivity contribution is 5.64. The fourth-order valence-electron chi connectivity index (χ4n) is 1.88. The van der Waals surface area contributed by atoms with Crippen molar-refractivity contribution in [1.82, 2.24) is 4.90 Å². The first kappa shape index (κ1) is 15.8. The number of ether oxygens (including phenoxy) is 1. The molecule has 19 heavy (non-hydrogen) atoms. The summed E-state index contributed by atoms with van der Waals surface area (Å²) in [5, 5.41) is 0. The Balaban J connectivity index is 2.48. The molecule has 0 aliphatic carbocycles. The second kappa shape index (κ2) is 8.76. The third kappa shape index (κ3) is 6.44. The van der Waals surface area contributed by atoms with E-state index >= 15 is 0 Å². The summed E-state index contributed by atoms with van der Waals surface area (Å²) in [4.78, 5) is 2.12. The van der Waals surface area contributed by atoms with Gasteiger partial charge in [0.2, 0.25) is 0 Å². The van der Waals surface area contributed by atoms with Crippen LogP contribution in [0, 0.1) is 0 Å². The van der Waals surface area contributed by atoms with Crippen LogP contribution in [0.1, 0.15) is 38.2 Å². The fourth-order valence-corrected chi connectivity index (χ4v) is 1.88. The van der Waals surface area contributed by atoms with E-state index in [1.165, 1.54) is 30.4 Å². The SMILES string of the molecule is C=C(CCCCC)c1cccc(OCCN(C)C)c1. The number of hydrogen-bond acceptors (Lipinski definition) is 2. The van der Waals surface area contributed by atoms with Crippen molar-refractivity contribution in [2.24, 2.45) is 0 Å². The zero-order chi connectivity index (χ0) is 14.1. The maximum Gasteiger partial charge on any atom is 0.119 e. The average molecular weight is 261 g/mol. The molecule has 0 aliphatic rings. The minimum absolute atomic E-state index is 0.721. The molecule has 0 aromatic heterocycles. The standard InChI is InChI=1S/C17H27NO/c1-5-6-7-9-15(2)16-10-8-11-17(14-16)19-13-12-18(3)4/h8,10-11,14H,2,5-7,9,12-13H2,1,3-4H3. The molecule has 0 heterocycles. The topological polar surface area (TPSA) is 12.5 Å². The van der Waals surface area contributed by atoms with Gasteiger partial charge in [0.15, 0.2) is 0 Å². The number of unbranched alkanes of at least 4 members (excludes halogenated alkanes) is 2. The number of hydrogen-bond donors (Lipinski definition) is 0. The van der Waals surface area contributed by atoms with E-state index in [1.807, 2.05) is 12.1 Å². The molecular weight excluding hydrogens is 234 g/mol. The van der Waals surface area contributed by atoms with E-state index in [1.54, 1.807) is 0 Å². The molecule has 0 radical (unpaired) electrons. The molecule has 2 heteroatoms. The van der Waals surface area contributed by atoms with Gasteiger partial charge >= 0.3 is 0 Å². The number of nitrogens with zero attached hydrogens (tertiary/aromatic N) is 1. The quantitative estimate of drug-likeness (QED) is 0.617. The van der Waals surface area contributed by atoms with Crippen molar-refractivity contribution in [3.63, 3.8) is 0 Å². The Labute approximate surface area is 118 Å². The van der Waals surface area contributed by atoms with E-state index < -0.39 is 0 Å². The van der Waals surface area contributed by atoms with Gasteiger partial charge in [0.1, 0.15) is 12.4 Å². The van der Waals surface area contributed by atoms with Gasteiger partial charge in [-0.25, -0.2) is 0 Å². The van der Waals surface area contributed by atoms with Crippen LogP contribution in [0.25, 0.3) is 5.57 Å². The second-order valence-corrected chi connectivity index (χ2v) is 5.24. The van der Waals surface area contributed by atoms with Gasteiger partial charge in [0.25, 0.3) is 0 Å². The van der Waals surface area contributed by atoms with Crippen LogP contribution in [0.2, 0.25) is 0 Å². The van der Waals surface area contributed by atoms with Gasteiger partial charge in [-0.2, -0.15) is 0 Å². The van der Waals surface area contributed by atoms with Gasteiger partial charge in [0.05, 0.1) is 0 Å². The van der Waals surface area contributed by atoms with Gasteiger partial charge < -0.3 is 9.64 Å². The highest BCUT2D eigenvalue weighted by Gasteiger charge is 2.01. The van der Waals surface area contributed by atoms with Crippen LogP contribution in [0.4, 0.5) is 0 Å². The van der Waals surface area contributed by atoms with Crippen molar-refractivity contribution in [3.8, 4) is 5.75 Å². The van der Waals surface area contributed by atoms with Crippen molar-refractivity contribution >= 4 is 5.57 Å². The number of rotatable bonds is 9. The van der Waals surface area contributed by atoms with Crippen LogP contribution >= 0.6 is 0 Å². The lowest BCUT2D eigenvalue weighted by Gasteiger charge is -2.12. The first-order valence-electron chi connectivity index (χ1n) is 7.19. The lowest BCUT2D eigenvalue weighted by atomic mass is 10.0. The molecule has 0 spiro atoms. The minimum atomic E-state index is 0.721. The van der Waals surface area contributed by atoms with Gasteiger partial charge in [0, 0.05) is 6.54 Å². The van der Waals surface area contributed by atoms with Crippen molar-refractivity contribution < 1.29 is 4.74 Å². The Morgan fingerprint density at radius 3 is 2.74 bits per heavy atom. The first-order chi connectivity index (χ1) is 9.13. The maximum absolute atomic E-state index is 5.75. The zero-order valence-electron chi connectivity index (χ0n) is 12.6. The normalized spacial score (nSPS) is 10.7. The van der Waals surface area contributed by atoms with Crippen LogP contribution in [-0.4, -0.2) is 32.1 Å². The van der Waals surface area contributed by atoms with Gasteiger partial charge in [-0.05, 0) is 50.2 Å². The molecule has 1 aromatic rings. The third-order valence-electron chi connectivity index (χ3n) is 3.13. The van der Waals surface area contributed by atoms with E-state index in [4.69, 9.17) is 4.74 Å². The van der Waals surface area contributed by atoms with Crippen LogP contribution in [0.3, 0.4) is 0 Å². The van der Waals surface area contributed by atoms with Crippen molar-refractivity contribution in [3.05, 3.63) is 36.4 Å². The van der Waals surface area contributed by atoms with Gasteiger partial charge in [-0.15, -0.1) is 0 Å². The Morgan fingerprint density at radius 2 is 2.05 bits per heavy atom. The Bertz CT molecular complexity index is 385. The summed E-state index contributed by atoms with van der Waals surface area (Å²) >= 11 is 0. The van der Waals surface area contributed by atoms with Crippen LogP contribution in [0.5, 0.6) is 5.75 Å². The third-order valence-corrected chi connectivity index (χ3v) is 3.13. The monoisotopic (exact) mass is 261 g/mol. The number of likely N-dealkylation sites (N-methyl/N-ethyl adjacent to an activating group) is 1. The van der Waals surface area contributed by atoms with Crippen molar-refractivity contribution in [2.45, 2.75) is 32.6 Å². The fraction of sp³-hybridized carbons (Fsp3) is 0.529. The summed E-state index contributed by atoms with van der Waals surface area (Å²) in [6.45, 7) is 8.06. The van der Waals surface area contributed by atoms with Crippen LogP contribution in [-0.2, 0) is 0 Å². The van der Waals surface area contributed by atoms with Gasteiger partial charge in [-0.1, -0.05) is 38.5 Å². The molecular formula is C17H27NO.